The summed E-state index contributed by atoms with van der Waals surface area (Å²) < 4.78 is 1.83. The number of aromatic nitrogens is 2. The molecule has 1 aromatic heterocycles. The molecular weight excluding hydrogens is 348 g/mol. The van der Waals surface area contributed by atoms with E-state index >= 15 is 0 Å². The van der Waals surface area contributed by atoms with E-state index in [9.17, 15) is 4.79 Å². The van der Waals surface area contributed by atoms with Crippen molar-refractivity contribution in [3.63, 3.8) is 0 Å². The van der Waals surface area contributed by atoms with E-state index < -0.39 is 0 Å². The molecule has 144 valence electrons. The molecule has 5 heteroatoms. The van der Waals surface area contributed by atoms with Gasteiger partial charge in [-0.3, -0.25) is 9.48 Å². The van der Waals surface area contributed by atoms with Crippen LogP contribution in [0.15, 0.2) is 67.0 Å². The Labute approximate surface area is 166 Å². The van der Waals surface area contributed by atoms with E-state index in [0.717, 1.165) is 32.6 Å². The van der Waals surface area contributed by atoms with Crippen molar-refractivity contribution in [2.75, 3.05) is 31.1 Å². The molecule has 0 unspecified atom stereocenters. The van der Waals surface area contributed by atoms with Crippen molar-refractivity contribution >= 4 is 11.6 Å². The lowest BCUT2D eigenvalue weighted by atomic mass is 10.2. The number of carbonyl (C=O) groups excluding carboxylic acids is 1. The van der Waals surface area contributed by atoms with Crippen LogP contribution in [0.25, 0.3) is 0 Å². The number of amides is 1. The van der Waals surface area contributed by atoms with Crippen LogP contribution in [0.3, 0.4) is 0 Å². The molecule has 0 saturated carbocycles. The van der Waals surface area contributed by atoms with Crippen molar-refractivity contribution in [3.05, 3.63) is 83.7 Å². The molecule has 3 aromatic rings. The lowest BCUT2D eigenvalue weighted by molar-refractivity contribution is 0.0767. The zero-order valence-electron chi connectivity index (χ0n) is 16.3. The molecular formula is C23H26N4O. The van der Waals surface area contributed by atoms with Gasteiger partial charge in [0.05, 0.1) is 18.3 Å². The molecule has 0 bridgehead atoms. The Bertz CT molecular complexity index is 935. The summed E-state index contributed by atoms with van der Waals surface area (Å²) in [5.74, 6) is 0.0749. The van der Waals surface area contributed by atoms with E-state index in [0.29, 0.717) is 12.1 Å². The lowest BCUT2D eigenvalue weighted by Gasteiger charge is -2.25. The van der Waals surface area contributed by atoms with Gasteiger partial charge in [0, 0.05) is 38.1 Å². The van der Waals surface area contributed by atoms with Gasteiger partial charge in [0.2, 0.25) is 0 Å². The first-order valence-electron chi connectivity index (χ1n) is 9.87. The summed E-state index contributed by atoms with van der Waals surface area (Å²) in [5, 5.41) is 4.38. The van der Waals surface area contributed by atoms with Crippen LogP contribution in [0.5, 0.6) is 0 Å². The maximum atomic E-state index is 13.0. The second-order valence-corrected chi connectivity index (χ2v) is 7.33. The SMILES string of the molecule is Cc1ccccc1N1CCCN(C(=O)c2cnn(Cc3ccccc3)c2)CC1. The molecule has 0 N–H and O–H groups in total. The van der Waals surface area contributed by atoms with Gasteiger partial charge in [-0.05, 0) is 30.5 Å². The van der Waals surface area contributed by atoms with E-state index in [1.807, 2.05) is 34.0 Å². The van der Waals surface area contributed by atoms with E-state index in [2.05, 4.69) is 53.3 Å². The predicted octanol–water partition coefficient (Wildman–Crippen LogP) is 3.59. The molecule has 0 atom stereocenters. The van der Waals surface area contributed by atoms with Crippen molar-refractivity contribution in [1.82, 2.24) is 14.7 Å². The first-order chi connectivity index (χ1) is 13.7. The van der Waals surface area contributed by atoms with Crippen LogP contribution in [0.2, 0.25) is 0 Å². The molecule has 1 fully saturated rings. The van der Waals surface area contributed by atoms with Gasteiger partial charge < -0.3 is 9.80 Å². The highest BCUT2D eigenvalue weighted by Gasteiger charge is 2.22. The number of nitrogens with zero attached hydrogens (tertiary/aromatic N) is 4. The van der Waals surface area contributed by atoms with Crippen molar-refractivity contribution in [2.45, 2.75) is 19.9 Å². The Balaban J connectivity index is 1.41. The number of hydrogen-bond donors (Lipinski definition) is 0. The van der Waals surface area contributed by atoms with Crippen LogP contribution in [0.1, 0.15) is 27.9 Å². The van der Waals surface area contributed by atoms with Gasteiger partial charge in [0.1, 0.15) is 0 Å². The normalized spacial score (nSPS) is 14.8. The highest BCUT2D eigenvalue weighted by atomic mass is 16.2. The number of aryl methyl sites for hydroxylation is 1. The van der Waals surface area contributed by atoms with E-state index in [4.69, 9.17) is 0 Å². The summed E-state index contributed by atoms with van der Waals surface area (Å²) in [4.78, 5) is 17.3. The number of carbonyl (C=O) groups is 1. The van der Waals surface area contributed by atoms with Crippen LogP contribution in [0.4, 0.5) is 5.69 Å². The van der Waals surface area contributed by atoms with Gasteiger partial charge in [0.25, 0.3) is 5.91 Å². The highest BCUT2D eigenvalue weighted by molar-refractivity contribution is 5.93. The van der Waals surface area contributed by atoms with Gasteiger partial charge in [-0.15, -0.1) is 0 Å². The maximum absolute atomic E-state index is 13.0. The number of benzene rings is 2. The number of para-hydroxylation sites is 1. The summed E-state index contributed by atoms with van der Waals surface area (Å²) >= 11 is 0. The van der Waals surface area contributed by atoms with E-state index in [1.165, 1.54) is 16.8 Å². The molecule has 2 heterocycles. The van der Waals surface area contributed by atoms with E-state index in [1.54, 1.807) is 6.20 Å². The fourth-order valence-electron chi connectivity index (χ4n) is 3.79. The Morgan fingerprint density at radius 3 is 2.57 bits per heavy atom. The van der Waals surface area contributed by atoms with Crippen LogP contribution in [-0.4, -0.2) is 46.8 Å². The van der Waals surface area contributed by atoms with Crippen molar-refractivity contribution in [1.29, 1.82) is 0 Å². The summed E-state index contributed by atoms with van der Waals surface area (Å²) in [6, 6.07) is 18.6. The monoisotopic (exact) mass is 374 g/mol. The molecule has 28 heavy (non-hydrogen) atoms. The standard InChI is InChI=1S/C23H26N4O/c1-19-8-5-6-11-22(19)25-12-7-13-26(15-14-25)23(28)21-16-24-27(18-21)17-20-9-3-2-4-10-20/h2-6,8-11,16,18H,7,12-15,17H2,1H3. The zero-order chi connectivity index (χ0) is 19.3. The first kappa shape index (κ1) is 18.3. The van der Waals surface area contributed by atoms with Crippen molar-refractivity contribution in [3.8, 4) is 0 Å². The summed E-state index contributed by atoms with van der Waals surface area (Å²) in [6.07, 6.45) is 4.52. The molecule has 1 aliphatic heterocycles. The van der Waals surface area contributed by atoms with Crippen LogP contribution >= 0.6 is 0 Å². The fraction of sp³-hybridized carbons (Fsp3) is 0.304. The molecule has 0 radical (unpaired) electrons. The minimum absolute atomic E-state index is 0.0749. The number of rotatable bonds is 4. The smallest absolute Gasteiger partial charge is 0.257 e. The Kier molecular flexibility index (Phi) is 5.42. The second kappa shape index (κ2) is 8.30. The molecule has 0 spiro atoms. The molecule has 4 rings (SSSR count). The van der Waals surface area contributed by atoms with Gasteiger partial charge in [0.15, 0.2) is 0 Å². The fourth-order valence-corrected chi connectivity index (χ4v) is 3.79. The Morgan fingerprint density at radius 1 is 0.964 bits per heavy atom. The molecule has 1 saturated heterocycles. The molecule has 5 nitrogen and oxygen atoms in total. The number of anilines is 1. The highest BCUT2D eigenvalue weighted by Crippen LogP contribution is 2.21. The van der Waals surface area contributed by atoms with Gasteiger partial charge in [-0.25, -0.2) is 0 Å². The van der Waals surface area contributed by atoms with Crippen LogP contribution in [0, 0.1) is 6.92 Å². The second-order valence-electron chi connectivity index (χ2n) is 7.33. The van der Waals surface area contributed by atoms with Gasteiger partial charge in [-0.1, -0.05) is 48.5 Å². The zero-order valence-corrected chi connectivity index (χ0v) is 16.3. The van der Waals surface area contributed by atoms with Gasteiger partial charge in [-0.2, -0.15) is 5.10 Å². The topological polar surface area (TPSA) is 41.4 Å². The Morgan fingerprint density at radius 2 is 1.75 bits per heavy atom. The molecule has 0 aliphatic carbocycles. The first-order valence-corrected chi connectivity index (χ1v) is 9.87. The maximum Gasteiger partial charge on any atom is 0.257 e. The largest absolute Gasteiger partial charge is 0.369 e. The summed E-state index contributed by atoms with van der Waals surface area (Å²) in [6.45, 7) is 6.16. The predicted molar refractivity (Wildman–Crippen MR) is 112 cm³/mol. The van der Waals surface area contributed by atoms with Crippen LogP contribution < -0.4 is 4.90 Å². The third kappa shape index (κ3) is 4.09. The minimum atomic E-state index is 0.0749. The third-order valence-electron chi connectivity index (χ3n) is 5.31. The molecule has 1 aliphatic rings. The minimum Gasteiger partial charge on any atom is -0.369 e. The molecule has 1 amide bonds. The molecule has 2 aromatic carbocycles. The van der Waals surface area contributed by atoms with Gasteiger partial charge >= 0.3 is 0 Å². The van der Waals surface area contributed by atoms with Crippen LogP contribution in [-0.2, 0) is 6.54 Å². The quantitative estimate of drug-likeness (QED) is 0.701. The summed E-state index contributed by atoms with van der Waals surface area (Å²) in [7, 11) is 0. The summed E-state index contributed by atoms with van der Waals surface area (Å²) in [5.41, 5.74) is 4.39. The van der Waals surface area contributed by atoms with E-state index in [-0.39, 0.29) is 5.91 Å². The average Bonchev–Trinajstić information content (AvgIpc) is 3.04. The number of hydrogen-bond acceptors (Lipinski definition) is 3. The van der Waals surface area contributed by atoms with Crippen molar-refractivity contribution < 1.29 is 4.79 Å². The lowest BCUT2D eigenvalue weighted by Crippen LogP contribution is -2.35. The Hall–Kier alpha value is -3.08. The average molecular weight is 374 g/mol. The van der Waals surface area contributed by atoms with Crippen molar-refractivity contribution in [2.24, 2.45) is 0 Å². The third-order valence-corrected chi connectivity index (χ3v) is 5.31.